The van der Waals surface area contributed by atoms with Gasteiger partial charge in [-0.25, -0.2) is 9.97 Å². The molecular weight excluding hydrogens is 272 g/mol. The Hall–Kier alpha value is -2.10. The number of hydrogen-bond donors (Lipinski definition) is 0. The Morgan fingerprint density at radius 1 is 0.818 bits per heavy atom. The quantitative estimate of drug-likeness (QED) is 0.852. The van der Waals surface area contributed by atoms with E-state index in [2.05, 4.69) is 51.8 Å². The number of nitrogens with zero attached hydrogens (tertiary/aromatic N) is 4. The van der Waals surface area contributed by atoms with Crippen LogP contribution in [-0.4, -0.2) is 36.1 Å². The minimum absolute atomic E-state index is 0.873. The molecule has 3 rings (SSSR count). The zero-order valence-electron chi connectivity index (χ0n) is 13.9. The minimum atomic E-state index is 0.873. The average Bonchev–Trinajstić information content (AvgIpc) is 2.49. The molecule has 0 radical (unpaired) electrons. The first kappa shape index (κ1) is 14.8. The maximum Gasteiger partial charge on any atom is 0.225 e. The number of piperazine rings is 1. The molecule has 0 atom stereocenters. The number of hydrogen-bond acceptors (Lipinski definition) is 4. The van der Waals surface area contributed by atoms with Crippen molar-refractivity contribution in [2.45, 2.75) is 27.7 Å². The van der Waals surface area contributed by atoms with Crippen LogP contribution in [0.3, 0.4) is 0 Å². The third-order valence-electron chi connectivity index (χ3n) is 4.45. The summed E-state index contributed by atoms with van der Waals surface area (Å²) in [6, 6.07) is 8.58. The van der Waals surface area contributed by atoms with Gasteiger partial charge in [0.2, 0.25) is 5.95 Å². The van der Waals surface area contributed by atoms with Crippen molar-refractivity contribution in [2.75, 3.05) is 36.0 Å². The summed E-state index contributed by atoms with van der Waals surface area (Å²) < 4.78 is 0. The van der Waals surface area contributed by atoms with Gasteiger partial charge in [-0.05, 0) is 51.0 Å². The second-order valence-corrected chi connectivity index (χ2v) is 6.14. The standard InChI is InChI=1S/C18H24N4/c1-13-6-5-7-17(16(13)4)21-8-10-22(11-9-21)18-19-14(2)12-15(3)20-18/h5-7,12H,8-11H2,1-4H3. The summed E-state index contributed by atoms with van der Waals surface area (Å²) in [4.78, 5) is 13.9. The number of aromatic nitrogens is 2. The van der Waals surface area contributed by atoms with Gasteiger partial charge in [0, 0.05) is 43.3 Å². The van der Waals surface area contributed by atoms with Gasteiger partial charge in [0.1, 0.15) is 0 Å². The molecule has 0 saturated carbocycles. The summed E-state index contributed by atoms with van der Waals surface area (Å²) in [6.07, 6.45) is 0. The highest BCUT2D eigenvalue weighted by atomic mass is 15.3. The molecule has 4 nitrogen and oxygen atoms in total. The molecule has 0 unspecified atom stereocenters. The first-order valence-electron chi connectivity index (χ1n) is 7.93. The maximum absolute atomic E-state index is 4.58. The van der Waals surface area contributed by atoms with Crippen molar-refractivity contribution in [3.63, 3.8) is 0 Å². The van der Waals surface area contributed by atoms with E-state index in [4.69, 9.17) is 0 Å². The van der Waals surface area contributed by atoms with Crippen LogP contribution >= 0.6 is 0 Å². The molecule has 22 heavy (non-hydrogen) atoms. The summed E-state index contributed by atoms with van der Waals surface area (Å²) in [5.41, 5.74) is 6.19. The summed E-state index contributed by atoms with van der Waals surface area (Å²) in [5, 5.41) is 0. The Labute approximate surface area is 132 Å². The molecule has 0 amide bonds. The Kier molecular flexibility index (Phi) is 4.01. The van der Waals surface area contributed by atoms with E-state index in [1.807, 2.05) is 19.9 Å². The maximum atomic E-state index is 4.58. The van der Waals surface area contributed by atoms with Crippen molar-refractivity contribution in [3.05, 3.63) is 46.8 Å². The van der Waals surface area contributed by atoms with Crippen molar-refractivity contribution >= 4 is 11.6 Å². The highest BCUT2D eigenvalue weighted by molar-refractivity contribution is 5.57. The molecule has 1 aromatic heterocycles. The molecule has 1 saturated heterocycles. The van der Waals surface area contributed by atoms with E-state index >= 15 is 0 Å². The molecule has 1 fully saturated rings. The average molecular weight is 296 g/mol. The van der Waals surface area contributed by atoms with E-state index < -0.39 is 0 Å². The van der Waals surface area contributed by atoms with Gasteiger partial charge < -0.3 is 9.80 Å². The summed E-state index contributed by atoms with van der Waals surface area (Å²) >= 11 is 0. The van der Waals surface area contributed by atoms with Gasteiger partial charge in [-0.2, -0.15) is 0 Å². The lowest BCUT2D eigenvalue weighted by Crippen LogP contribution is -2.47. The second-order valence-electron chi connectivity index (χ2n) is 6.14. The van der Waals surface area contributed by atoms with Crippen LogP contribution in [0.4, 0.5) is 11.6 Å². The van der Waals surface area contributed by atoms with Crippen LogP contribution in [0.5, 0.6) is 0 Å². The van der Waals surface area contributed by atoms with Crippen LogP contribution in [0.2, 0.25) is 0 Å². The van der Waals surface area contributed by atoms with Crippen LogP contribution in [-0.2, 0) is 0 Å². The van der Waals surface area contributed by atoms with Crippen molar-refractivity contribution in [2.24, 2.45) is 0 Å². The topological polar surface area (TPSA) is 32.3 Å². The number of benzene rings is 1. The first-order chi connectivity index (χ1) is 10.5. The normalized spacial score (nSPS) is 15.3. The lowest BCUT2D eigenvalue weighted by molar-refractivity contribution is 0.637. The Morgan fingerprint density at radius 2 is 1.41 bits per heavy atom. The third kappa shape index (κ3) is 2.91. The van der Waals surface area contributed by atoms with E-state index in [-0.39, 0.29) is 0 Å². The number of anilines is 2. The van der Waals surface area contributed by atoms with E-state index in [1.165, 1.54) is 16.8 Å². The van der Waals surface area contributed by atoms with Gasteiger partial charge in [0.05, 0.1) is 0 Å². The van der Waals surface area contributed by atoms with E-state index in [9.17, 15) is 0 Å². The Balaban J connectivity index is 1.73. The fraction of sp³-hybridized carbons (Fsp3) is 0.444. The Bertz CT molecular complexity index is 653. The lowest BCUT2D eigenvalue weighted by Gasteiger charge is -2.37. The van der Waals surface area contributed by atoms with Crippen molar-refractivity contribution < 1.29 is 0 Å². The SMILES string of the molecule is Cc1cc(C)nc(N2CCN(c3cccc(C)c3C)CC2)n1. The van der Waals surface area contributed by atoms with E-state index in [0.717, 1.165) is 43.5 Å². The molecule has 0 N–H and O–H groups in total. The van der Waals surface area contributed by atoms with Crippen LogP contribution in [0, 0.1) is 27.7 Å². The van der Waals surface area contributed by atoms with Gasteiger partial charge in [0.25, 0.3) is 0 Å². The second kappa shape index (κ2) is 5.95. The molecule has 4 heteroatoms. The molecular formula is C18H24N4. The summed E-state index contributed by atoms with van der Waals surface area (Å²) in [5.74, 6) is 0.873. The largest absolute Gasteiger partial charge is 0.368 e. The summed E-state index contributed by atoms with van der Waals surface area (Å²) in [6.45, 7) is 12.4. The molecule has 0 spiro atoms. The van der Waals surface area contributed by atoms with Gasteiger partial charge in [-0.15, -0.1) is 0 Å². The minimum Gasteiger partial charge on any atom is -0.368 e. The van der Waals surface area contributed by atoms with Crippen molar-refractivity contribution in [1.29, 1.82) is 0 Å². The van der Waals surface area contributed by atoms with Crippen LogP contribution in [0.1, 0.15) is 22.5 Å². The number of aryl methyl sites for hydroxylation is 3. The van der Waals surface area contributed by atoms with Crippen LogP contribution < -0.4 is 9.80 Å². The predicted octanol–water partition coefficient (Wildman–Crippen LogP) is 3.04. The van der Waals surface area contributed by atoms with Crippen LogP contribution in [0.25, 0.3) is 0 Å². The smallest absolute Gasteiger partial charge is 0.225 e. The van der Waals surface area contributed by atoms with Gasteiger partial charge >= 0.3 is 0 Å². The molecule has 2 aromatic rings. The third-order valence-corrected chi connectivity index (χ3v) is 4.45. The van der Waals surface area contributed by atoms with E-state index in [0.29, 0.717) is 0 Å². The number of rotatable bonds is 2. The van der Waals surface area contributed by atoms with Crippen LogP contribution in [0.15, 0.2) is 24.3 Å². The van der Waals surface area contributed by atoms with E-state index in [1.54, 1.807) is 0 Å². The molecule has 0 aliphatic carbocycles. The highest BCUT2D eigenvalue weighted by Crippen LogP contribution is 2.24. The van der Waals surface area contributed by atoms with Crippen molar-refractivity contribution in [1.82, 2.24) is 9.97 Å². The first-order valence-corrected chi connectivity index (χ1v) is 7.93. The Morgan fingerprint density at radius 3 is 2.05 bits per heavy atom. The molecule has 1 aliphatic heterocycles. The van der Waals surface area contributed by atoms with Gasteiger partial charge in [-0.3, -0.25) is 0 Å². The summed E-state index contributed by atoms with van der Waals surface area (Å²) in [7, 11) is 0. The van der Waals surface area contributed by atoms with Gasteiger partial charge in [0.15, 0.2) is 0 Å². The lowest BCUT2D eigenvalue weighted by atomic mass is 10.1. The fourth-order valence-electron chi connectivity index (χ4n) is 3.07. The fourth-order valence-corrected chi connectivity index (χ4v) is 3.07. The van der Waals surface area contributed by atoms with Crippen molar-refractivity contribution in [3.8, 4) is 0 Å². The predicted molar refractivity (Wildman–Crippen MR) is 91.8 cm³/mol. The molecule has 0 bridgehead atoms. The molecule has 1 aliphatic rings. The zero-order valence-corrected chi connectivity index (χ0v) is 13.9. The molecule has 1 aromatic carbocycles. The monoisotopic (exact) mass is 296 g/mol. The van der Waals surface area contributed by atoms with Gasteiger partial charge in [-0.1, -0.05) is 12.1 Å². The molecule has 116 valence electrons. The zero-order chi connectivity index (χ0) is 15.7. The highest BCUT2D eigenvalue weighted by Gasteiger charge is 2.20. The molecule has 2 heterocycles.